The van der Waals surface area contributed by atoms with Crippen LogP contribution in [0.25, 0.3) is 0 Å². The molecule has 1 heterocycles. The Labute approximate surface area is 117 Å². The summed E-state index contributed by atoms with van der Waals surface area (Å²) in [6, 6.07) is 7.65. The van der Waals surface area contributed by atoms with Crippen LogP contribution in [0.1, 0.15) is 28.4 Å². The summed E-state index contributed by atoms with van der Waals surface area (Å²) >= 11 is 1.67. The molecule has 0 radical (unpaired) electrons. The van der Waals surface area contributed by atoms with Crippen molar-refractivity contribution in [2.45, 2.75) is 26.3 Å². The van der Waals surface area contributed by atoms with Gasteiger partial charge >= 0.3 is 0 Å². The topological polar surface area (TPSA) is 55.1 Å². The number of amides is 1. The molecular weight excluding hydrogens is 256 g/mol. The van der Waals surface area contributed by atoms with Gasteiger partial charge in [0.15, 0.2) is 0 Å². The van der Waals surface area contributed by atoms with E-state index in [0.717, 1.165) is 12.0 Å². The molecule has 0 aliphatic carbocycles. The predicted octanol–water partition coefficient (Wildman–Crippen LogP) is 3.00. The van der Waals surface area contributed by atoms with E-state index in [-0.39, 0.29) is 11.9 Å². The third-order valence-electron chi connectivity index (χ3n) is 2.95. The average Bonchev–Trinajstić information content (AvgIpc) is 2.81. The zero-order valence-electron chi connectivity index (χ0n) is 11.1. The van der Waals surface area contributed by atoms with Crippen molar-refractivity contribution in [2.24, 2.45) is 0 Å². The third kappa shape index (κ3) is 3.58. The number of nitrogens with two attached hydrogens (primary N) is 1. The zero-order valence-corrected chi connectivity index (χ0v) is 12.0. The summed E-state index contributed by atoms with van der Waals surface area (Å²) in [6.45, 7) is 3.96. The van der Waals surface area contributed by atoms with Crippen LogP contribution in [0.4, 0.5) is 5.69 Å². The highest BCUT2D eigenvalue weighted by Gasteiger charge is 2.13. The van der Waals surface area contributed by atoms with Crippen LogP contribution in [0, 0.1) is 6.92 Å². The first-order valence-electron chi connectivity index (χ1n) is 6.24. The standard InChI is InChI=1S/C15H18N2OS/c1-10-3-4-13(14(16)7-10)15(18)17-11(2)8-12-5-6-19-9-12/h3-7,9,11H,8,16H2,1-2H3,(H,17,18). The van der Waals surface area contributed by atoms with Crippen molar-refractivity contribution in [1.29, 1.82) is 0 Å². The number of carbonyl (C=O) groups excluding carboxylic acids is 1. The molecule has 1 aromatic heterocycles. The van der Waals surface area contributed by atoms with Gasteiger partial charge in [-0.15, -0.1) is 0 Å². The van der Waals surface area contributed by atoms with Crippen molar-refractivity contribution in [3.05, 3.63) is 51.7 Å². The van der Waals surface area contributed by atoms with Gasteiger partial charge in [-0.05, 0) is 60.4 Å². The molecule has 1 aromatic carbocycles. The van der Waals surface area contributed by atoms with Crippen molar-refractivity contribution in [1.82, 2.24) is 5.32 Å². The summed E-state index contributed by atoms with van der Waals surface area (Å²) < 4.78 is 0. The molecule has 4 heteroatoms. The summed E-state index contributed by atoms with van der Waals surface area (Å²) in [6.07, 6.45) is 0.834. The maximum Gasteiger partial charge on any atom is 0.253 e. The Hall–Kier alpha value is -1.81. The van der Waals surface area contributed by atoms with E-state index in [1.807, 2.05) is 31.4 Å². The maximum absolute atomic E-state index is 12.1. The quantitative estimate of drug-likeness (QED) is 0.842. The molecule has 2 rings (SSSR count). The van der Waals surface area contributed by atoms with Gasteiger partial charge in [-0.3, -0.25) is 4.79 Å². The fourth-order valence-corrected chi connectivity index (χ4v) is 2.69. The van der Waals surface area contributed by atoms with E-state index in [0.29, 0.717) is 11.3 Å². The smallest absolute Gasteiger partial charge is 0.253 e. The van der Waals surface area contributed by atoms with Crippen molar-refractivity contribution >= 4 is 22.9 Å². The van der Waals surface area contributed by atoms with Gasteiger partial charge in [0.05, 0.1) is 5.56 Å². The minimum Gasteiger partial charge on any atom is -0.398 e. The van der Waals surface area contributed by atoms with Crippen LogP contribution in [0.5, 0.6) is 0 Å². The van der Waals surface area contributed by atoms with Crippen molar-refractivity contribution in [2.75, 3.05) is 5.73 Å². The van der Waals surface area contributed by atoms with Crippen LogP contribution in [0.2, 0.25) is 0 Å². The number of carbonyl (C=O) groups is 1. The van der Waals surface area contributed by atoms with E-state index in [1.54, 1.807) is 17.4 Å². The molecule has 1 amide bonds. The molecule has 0 aliphatic heterocycles. The highest BCUT2D eigenvalue weighted by atomic mass is 32.1. The molecule has 1 unspecified atom stereocenters. The summed E-state index contributed by atoms with van der Waals surface area (Å²) in [4.78, 5) is 12.1. The number of thiophene rings is 1. The lowest BCUT2D eigenvalue weighted by atomic mass is 10.1. The number of aryl methyl sites for hydroxylation is 1. The molecule has 0 spiro atoms. The van der Waals surface area contributed by atoms with Gasteiger partial charge in [0.2, 0.25) is 0 Å². The second kappa shape index (κ2) is 5.89. The largest absolute Gasteiger partial charge is 0.398 e. The van der Waals surface area contributed by atoms with Gasteiger partial charge in [-0.2, -0.15) is 11.3 Å². The van der Waals surface area contributed by atoms with Crippen molar-refractivity contribution < 1.29 is 4.79 Å². The van der Waals surface area contributed by atoms with E-state index in [4.69, 9.17) is 5.73 Å². The molecule has 0 fully saturated rings. The van der Waals surface area contributed by atoms with E-state index < -0.39 is 0 Å². The van der Waals surface area contributed by atoms with Crippen LogP contribution >= 0.6 is 11.3 Å². The third-order valence-corrected chi connectivity index (χ3v) is 3.68. The first-order chi connectivity index (χ1) is 9.06. The Kier molecular flexibility index (Phi) is 4.22. The summed E-state index contributed by atoms with van der Waals surface area (Å²) in [5.74, 6) is -0.111. The molecule has 3 nitrogen and oxygen atoms in total. The van der Waals surface area contributed by atoms with Crippen LogP contribution in [-0.4, -0.2) is 11.9 Å². The lowest BCUT2D eigenvalue weighted by Gasteiger charge is -2.14. The number of nitrogen functional groups attached to an aromatic ring is 1. The Balaban J connectivity index is 2.00. The highest BCUT2D eigenvalue weighted by molar-refractivity contribution is 7.07. The minimum atomic E-state index is -0.111. The Bertz CT molecular complexity index is 564. The van der Waals surface area contributed by atoms with Crippen LogP contribution in [0.3, 0.4) is 0 Å². The molecule has 100 valence electrons. The second-order valence-electron chi connectivity index (χ2n) is 4.80. The van der Waals surface area contributed by atoms with Gasteiger partial charge in [0, 0.05) is 11.7 Å². The summed E-state index contributed by atoms with van der Waals surface area (Å²) in [7, 11) is 0. The van der Waals surface area contributed by atoms with Gasteiger partial charge < -0.3 is 11.1 Å². The van der Waals surface area contributed by atoms with E-state index in [9.17, 15) is 4.79 Å². The number of anilines is 1. The van der Waals surface area contributed by atoms with Crippen LogP contribution in [-0.2, 0) is 6.42 Å². The molecule has 3 N–H and O–H groups in total. The first-order valence-corrected chi connectivity index (χ1v) is 7.18. The first kappa shape index (κ1) is 13.6. The molecule has 0 aliphatic rings. The zero-order chi connectivity index (χ0) is 13.8. The number of nitrogens with one attached hydrogen (secondary N) is 1. The van der Waals surface area contributed by atoms with E-state index in [2.05, 4.69) is 16.8 Å². The Morgan fingerprint density at radius 2 is 2.21 bits per heavy atom. The summed E-state index contributed by atoms with van der Waals surface area (Å²) in [5, 5.41) is 7.12. The van der Waals surface area contributed by atoms with Gasteiger partial charge in [-0.1, -0.05) is 6.07 Å². The number of rotatable bonds is 4. The summed E-state index contributed by atoms with van der Waals surface area (Å²) in [5.41, 5.74) is 9.25. The molecule has 19 heavy (non-hydrogen) atoms. The predicted molar refractivity (Wildman–Crippen MR) is 80.5 cm³/mol. The molecular formula is C15H18N2OS. The highest BCUT2D eigenvalue weighted by Crippen LogP contribution is 2.14. The molecule has 2 aromatic rings. The fraction of sp³-hybridized carbons (Fsp3) is 0.267. The van der Waals surface area contributed by atoms with E-state index >= 15 is 0 Å². The molecule has 1 atom stereocenters. The minimum absolute atomic E-state index is 0.0859. The number of hydrogen-bond acceptors (Lipinski definition) is 3. The average molecular weight is 274 g/mol. The van der Waals surface area contributed by atoms with Crippen LogP contribution < -0.4 is 11.1 Å². The van der Waals surface area contributed by atoms with Crippen molar-refractivity contribution in [3.63, 3.8) is 0 Å². The monoisotopic (exact) mass is 274 g/mol. The van der Waals surface area contributed by atoms with Gasteiger partial charge in [-0.25, -0.2) is 0 Å². The van der Waals surface area contributed by atoms with E-state index in [1.165, 1.54) is 5.56 Å². The Morgan fingerprint density at radius 1 is 1.42 bits per heavy atom. The van der Waals surface area contributed by atoms with Gasteiger partial charge in [0.1, 0.15) is 0 Å². The molecule has 0 saturated carbocycles. The normalized spacial score (nSPS) is 12.1. The molecule has 0 bridgehead atoms. The SMILES string of the molecule is Cc1ccc(C(=O)NC(C)Cc2ccsc2)c(N)c1. The lowest BCUT2D eigenvalue weighted by Crippen LogP contribution is -2.34. The van der Waals surface area contributed by atoms with Crippen LogP contribution in [0.15, 0.2) is 35.0 Å². The maximum atomic E-state index is 12.1. The van der Waals surface area contributed by atoms with Crippen molar-refractivity contribution in [3.8, 4) is 0 Å². The number of hydrogen-bond donors (Lipinski definition) is 2. The van der Waals surface area contributed by atoms with Gasteiger partial charge in [0.25, 0.3) is 5.91 Å². The Morgan fingerprint density at radius 3 is 2.84 bits per heavy atom. The second-order valence-corrected chi connectivity index (χ2v) is 5.58. The lowest BCUT2D eigenvalue weighted by molar-refractivity contribution is 0.0941. The fourth-order valence-electron chi connectivity index (χ4n) is 2.00. The molecule has 0 saturated heterocycles. The number of benzene rings is 1.